The number of aryl methyl sites for hydroxylation is 2. The molecule has 2 aromatic rings. The molecule has 2 heterocycles. The molecule has 0 radical (unpaired) electrons. The molecule has 1 aliphatic heterocycles. The number of hydrogen-bond acceptors (Lipinski definition) is 2. The van der Waals surface area contributed by atoms with E-state index in [1.807, 2.05) is 0 Å². The number of fused-ring (bicyclic) bond motifs is 1. The summed E-state index contributed by atoms with van der Waals surface area (Å²) >= 11 is 0. The van der Waals surface area contributed by atoms with Crippen LogP contribution in [0.3, 0.4) is 0 Å². The van der Waals surface area contributed by atoms with E-state index in [0.29, 0.717) is 6.61 Å². The summed E-state index contributed by atoms with van der Waals surface area (Å²) in [4.78, 5) is 0. The highest BCUT2D eigenvalue weighted by Crippen LogP contribution is 2.25. The Bertz CT molecular complexity index is 540. The van der Waals surface area contributed by atoms with Gasteiger partial charge in [-0.2, -0.15) is 0 Å². The van der Waals surface area contributed by atoms with Crippen LogP contribution in [-0.4, -0.2) is 11.3 Å². The van der Waals surface area contributed by atoms with E-state index in [0.717, 1.165) is 6.61 Å². The normalized spacial score (nSPS) is 18.4. The summed E-state index contributed by atoms with van der Waals surface area (Å²) in [5, 5.41) is 0. The first kappa shape index (κ1) is 11.4. The Morgan fingerprint density at radius 3 is 2.61 bits per heavy atom. The Hall–Kier alpha value is -1.74. The number of nitrogens with zero attached hydrogens (tertiary/aromatic N) is 1. The fraction of sp³-hybridized carbons (Fsp3) is 0.333. The molecular formula is C15H18N2O. The molecule has 0 fully saturated rings. The van der Waals surface area contributed by atoms with Gasteiger partial charge in [-0.25, -0.2) is 0 Å². The summed E-state index contributed by atoms with van der Waals surface area (Å²) in [6.07, 6.45) is 0. The van der Waals surface area contributed by atoms with Crippen LogP contribution >= 0.6 is 0 Å². The highest BCUT2D eigenvalue weighted by Gasteiger charge is 2.20. The van der Waals surface area contributed by atoms with Gasteiger partial charge in [0, 0.05) is 11.4 Å². The summed E-state index contributed by atoms with van der Waals surface area (Å²) in [6, 6.07) is 12.9. The van der Waals surface area contributed by atoms with E-state index in [1.54, 1.807) is 0 Å². The van der Waals surface area contributed by atoms with Crippen LogP contribution in [0.25, 0.3) is 0 Å². The van der Waals surface area contributed by atoms with Crippen LogP contribution in [0.2, 0.25) is 0 Å². The van der Waals surface area contributed by atoms with Crippen molar-refractivity contribution in [1.82, 2.24) is 4.68 Å². The molecule has 0 amide bonds. The lowest BCUT2D eigenvalue weighted by molar-refractivity contribution is 0.0939. The maximum absolute atomic E-state index is 5.66. The lowest BCUT2D eigenvalue weighted by Gasteiger charge is -2.28. The molecule has 1 aliphatic rings. The molecular weight excluding hydrogens is 224 g/mol. The molecule has 3 nitrogen and oxygen atoms in total. The van der Waals surface area contributed by atoms with Crippen molar-refractivity contribution in [3.8, 4) is 0 Å². The number of benzene rings is 1. The van der Waals surface area contributed by atoms with Crippen LogP contribution in [0.4, 0.5) is 0 Å². The SMILES string of the molecule is Cc1ccc(C)n1NC1COCc2ccccc21. The zero-order valence-corrected chi connectivity index (χ0v) is 10.8. The monoisotopic (exact) mass is 242 g/mol. The number of hydrogen-bond donors (Lipinski definition) is 1. The van der Waals surface area contributed by atoms with Gasteiger partial charge in [-0.05, 0) is 37.1 Å². The lowest BCUT2D eigenvalue weighted by Crippen LogP contribution is -2.29. The molecule has 1 aromatic heterocycles. The van der Waals surface area contributed by atoms with E-state index >= 15 is 0 Å². The van der Waals surface area contributed by atoms with Crippen LogP contribution in [0.1, 0.15) is 28.6 Å². The second-order valence-corrected chi connectivity index (χ2v) is 4.85. The molecule has 0 bridgehead atoms. The van der Waals surface area contributed by atoms with Gasteiger partial charge in [0.1, 0.15) is 0 Å². The minimum absolute atomic E-state index is 0.222. The van der Waals surface area contributed by atoms with Gasteiger partial charge in [0.15, 0.2) is 0 Å². The Kier molecular flexibility index (Phi) is 2.84. The van der Waals surface area contributed by atoms with Gasteiger partial charge in [0.05, 0.1) is 19.3 Å². The fourth-order valence-corrected chi connectivity index (χ4v) is 2.52. The van der Waals surface area contributed by atoms with Crippen molar-refractivity contribution in [2.45, 2.75) is 26.5 Å². The molecule has 3 heteroatoms. The Morgan fingerprint density at radius 1 is 1.11 bits per heavy atom. The largest absolute Gasteiger partial charge is 0.374 e. The van der Waals surface area contributed by atoms with E-state index < -0.39 is 0 Å². The van der Waals surface area contributed by atoms with Crippen molar-refractivity contribution in [3.63, 3.8) is 0 Å². The van der Waals surface area contributed by atoms with E-state index in [1.165, 1.54) is 22.5 Å². The molecule has 0 spiro atoms. The van der Waals surface area contributed by atoms with Crippen LogP contribution < -0.4 is 5.43 Å². The topological polar surface area (TPSA) is 26.2 Å². The van der Waals surface area contributed by atoms with E-state index in [4.69, 9.17) is 4.74 Å². The molecule has 1 atom stereocenters. The third-order valence-electron chi connectivity index (χ3n) is 3.53. The van der Waals surface area contributed by atoms with Gasteiger partial charge < -0.3 is 10.2 Å². The average molecular weight is 242 g/mol. The van der Waals surface area contributed by atoms with E-state index in [-0.39, 0.29) is 6.04 Å². The number of ether oxygens (including phenoxy) is 1. The standard InChI is InChI=1S/C15H18N2O/c1-11-7-8-12(2)17(11)16-15-10-18-9-13-5-3-4-6-14(13)15/h3-8,15-16H,9-10H2,1-2H3. The van der Waals surface area contributed by atoms with E-state index in [2.05, 4.69) is 60.3 Å². The van der Waals surface area contributed by atoms with Crippen LogP contribution in [0, 0.1) is 13.8 Å². The Morgan fingerprint density at radius 2 is 1.83 bits per heavy atom. The summed E-state index contributed by atoms with van der Waals surface area (Å²) in [5.41, 5.74) is 8.61. The van der Waals surface area contributed by atoms with Gasteiger partial charge in [0.2, 0.25) is 0 Å². The van der Waals surface area contributed by atoms with Crippen molar-refractivity contribution < 1.29 is 4.74 Å². The average Bonchev–Trinajstić information content (AvgIpc) is 2.71. The van der Waals surface area contributed by atoms with Crippen molar-refractivity contribution in [2.24, 2.45) is 0 Å². The number of rotatable bonds is 2. The predicted octanol–water partition coefficient (Wildman–Crippen LogP) is 2.92. The molecule has 1 aromatic carbocycles. The third kappa shape index (κ3) is 1.91. The minimum atomic E-state index is 0.222. The zero-order chi connectivity index (χ0) is 12.5. The van der Waals surface area contributed by atoms with Crippen LogP contribution in [0.15, 0.2) is 36.4 Å². The zero-order valence-electron chi connectivity index (χ0n) is 10.8. The highest BCUT2D eigenvalue weighted by atomic mass is 16.5. The summed E-state index contributed by atoms with van der Waals surface area (Å²) in [5.74, 6) is 0. The van der Waals surface area contributed by atoms with Gasteiger partial charge in [-0.15, -0.1) is 0 Å². The third-order valence-corrected chi connectivity index (χ3v) is 3.53. The maximum atomic E-state index is 5.66. The second kappa shape index (κ2) is 4.50. The van der Waals surface area contributed by atoms with Gasteiger partial charge in [0.25, 0.3) is 0 Å². The summed E-state index contributed by atoms with van der Waals surface area (Å²) in [7, 11) is 0. The predicted molar refractivity (Wildman–Crippen MR) is 72.1 cm³/mol. The van der Waals surface area contributed by atoms with Crippen LogP contribution in [0.5, 0.6) is 0 Å². The highest BCUT2D eigenvalue weighted by molar-refractivity contribution is 5.33. The number of nitrogens with one attached hydrogen (secondary N) is 1. The first-order valence-corrected chi connectivity index (χ1v) is 6.33. The molecule has 18 heavy (non-hydrogen) atoms. The van der Waals surface area contributed by atoms with Crippen molar-refractivity contribution in [2.75, 3.05) is 12.0 Å². The lowest BCUT2D eigenvalue weighted by atomic mass is 10.00. The maximum Gasteiger partial charge on any atom is 0.0911 e. The molecule has 1 N–H and O–H groups in total. The second-order valence-electron chi connectivity index (χ2n) is 4.85. The molecule has 0 saturated carbocycles. The van der Waals surface area contributed by atoms with Crippen molar-refractivity contribution in [3.05, 3.63) is 58.9 Å². The quantitative estimate of drug-likeness (QED) is 0.876. The number of aromatic nitrogens is 1. The van der Waals surface area contributed by atoms with Gasteiger partial charge in [-0.3, -0.25) is 4.68 Å². The van der Waals surface area contributed by atoms with Crippen LogP contribution in [-0.2, 0) is 11.3 Å². The van der Waals surface area contributed by atoms with E-state index in [9.17, 15) is 0 Å². The first-order valence-electron chi connectivity index (χ1n) is 6.33. The summed E-state index contributed by atoms with van der Waals surface area (Å²) in [6.45, 7) is 5.65. The fourth-order valence-electron chi connectivity index (χ4n) is 2.52. The molecule has 3 rings (SSSR count). The molecule has 0 saturated heterocycles. The molecule has 94 valence electrons. The van der Waals surface area contributed by atoms with Gasteiger partial charge >= 0.3 is 0 Å². The molecule has 0 aliphatic carbocycles. The molecule has 1 unspecified atom stereocenters. The van der Waals surface area contributed by atoms with Crippen molar-refractivity contribution in [1.29, 1.82) is 0 Å². The van der Waals surface area contributed by atoms with Crippen molar-refractivity contribution >= 4 is 0 Å². The Labute approximate surface area is 107 Å². The first-order chi connectivity index (χ1) is 8.75. The smallest absolute Gasteiger partial charge is 0.0911 e. The Balaban J connectivity index is 1.91. The minimum Gasteiger partial charge on any atom is -0.374 e. The van der Waals surface area contributed by atoms with Gasteiger partial charge in [-0.1, -0.05) is 24.3 Å². The summed E-state index contributed by atoms with van der Waals surface area (Å²) < 4.78 is 7.80.